The molecule has 0 spiro atoms. The molecule has 1 saturated heterocycles. The standard InChI is InChI=1S/C19H19N7O/c27-19-24-23-17(26(19)14-6-2-1-3-7-14)13-5-4-10-25(11-13)18-15-8-9-20-16(15)21-12-22-18/h1-3,6-9,12-13H,4-5,10-11H2,(H,24,27)(H,20,21,22)/t13-/m0/s1. The largest absolute Gasteiger partial charge is 0.355 e. The number of piperidine rings is 1. The van der Waals surface area contributed by atoms with Crippen LogP contribution in [0.25, 0.3) is 16.7 Å². The summed E-state index contributed by atoms with van der Waals surface area (Å²) in [7, 11) is 0. The molecule has 5 rings (SSSR count). The van der Waals surface area contributed by atoms with E-state index in [2.05, 4.69) is 30.0 Å². The minimum Gasteiger partial charge on any atom is -0.355 e. The first kappa shape index (κ1) is 15.8. The number of anilines is 1. The monoisotopic (exact) mass is 361 g/mol. The van der Waals surface area contributed by atoms with Crippen LogP contribution in [-0.2, 0) is 0 Å². The zero-order valence-corrected chi connectivity index (χ0v) is 14.7. The van der Waals surface area contributed by atoms with E-state index in [4.69, 9.17) is 0 Å². The van der Waals surface area contributed by atoms with Crippen LogP contribution in [0.15, 0.2) is 53.7 Å². The van der Waals surface area contributed by atoms with Crippen molar-refractivity contribution >= 4 is 16.9 Å². The van der Waals surface area contributed by atoms with E-state index in [0.29, 0.717) is 0 Å². The van der Waals surface area contributed by atoms with Gasteiger partial charge < -0.3 is 9.88 Å². The van der Waals surface area contributed by atoms with Crippen LogP contribution in [0.5, 0.6) is 0 Å². The molecule has 0 aliphatic carbocycles. The lowest BCUT2D eigenvalue weighted by Gasteiger charge is -2.33. The lowest BCUT2D eigenvalue weighted by Crippen LogP contribution is -2.36. The maximum absolute atomic E-state index is 12.4. The summed E-state index contributed by atoms with van der Waals surface area (Å²) in [5.74, 6) is 1.84. The van der Waals surface area contributed by atoms with Crippen molar-refractivity contribution < 1.29 is 0 Å². The van der Waals surface area contributed by atoms with Crippen molar-refractivity contribution in [2.24, 2.45) is 0 Å². The Morgan fingerprint density at radius 3 is 2.89 bits per heavy atom. The van der Waals surface area contributed by atoms with Gasteiger partial charge in [0, 0.05) is 25.2 Å². The second-order valence-electron chi connectivity index (χ2n) is 6.78. The Morgan fingerprint density at radius 2 is 2.00 bits per heavy atom. The van der Waals surface area contributed by atoms with Crippen molar-refractivity contribution in [1.29, 1.82) is 0 Å². The highest BCUT2D eigenvalue weighted by Gasteiger charge is 2.28. The third kappa shape index (κ3) is 2.69. The van der Waals surface area contributed by atoms with E-state index in [-0.39, 0.29) is 11.6 Å². The fraction of sp³-hybridized carbons (Fsp3) is 0.263. The first-order chi connectivity index (χ1) is 13.3. The number of hydrogen-bond acceptors (Lipinski definition) is 5. The summed E-state index contributed by atoms with van der Waals surface area (Å²) in [5, 5.41) is 7.99. The van der Waals surface area contributed by atoms with E-state index < -0.39 is 0 Å². The molecule has 1 aliphatic rings. The minimum absolute atomic E-state index is 0.141. The van der Waals surface area contributed by atoms with E-state index in [0.717, 1.165) is 54.3 Å². The average molecular weight is 361 g/mol. The number of nitrogens with one attached hydrogen (secondary N) is 2. The summed E-state index contributed by atoms with van der Waals surface area (Å²) in [5.41, 5.74) is 1.46. The Labute approximate surface area is 154 Å². The molecule has 0 amide bonds. The highest BCUT2D eigenvalue weighted by atomic mass is 16.1. The number of aromatic amines is 2. The van der Waals surface area contributed by atoms with Gasteiger partial charge in [0.25, 0.3) is 0 Å². The van der Waals surface area contributed by atoms with Gasteiger partial charge in [-0.2, -0.15) is 5.10 Å². The van der Waals surface area contributed by atoms with Gasteiger partial charge in [0.1, 0.15) is 23.6 Å². The summed E-state index contributed by atoms with van der Waals surface area (Å²) >= 11 is 0. The van der Waals surface area contributed by atoms with Crippen molar-refractivity contribution in [1.82, 2.24) is 29.7 Å². The number of benzene rings is 1. The fourth-order valence-electron chi connectivity index (χ4n) is 3.90. The van der Waals surface area contributed by atoms with Crippen molar-refractivity contribution in [2.45, 2.75) is 18.8 Å². The quantitative estimate of drug-likeness (QED) is 0.583. The molecule has 27 heavy (non-hydrogen) atoms. The number of fused-ring (bicyclic) bond motifs is 1. The molecule has 8 nitrogen and oxygen atoms in total. The second kappa shape index (κ2) is 6.39. The summed E-state index contributed by atoms with van der Waals surface area (Å²) in [6.07, 6.45) is 5.46. The SMILES string of the molecule is O=c1[nH]nc([C@H]2CCCN(c3ncnc4[nH]ccc34)C2)n1-c1ccccc1. The van der Waals surface area contributed by atoms with Gasteiger partial charge in [0.05, 0.1) is 11.1 Å². The first-order valence-corrected chi connectivity index (χ1v) is 9.07. The van der Waals surface area contributed by atoms with Crippen LogP contribution in [-0.4, -0.2) is 42.8 Å². The molecular weight excluding hydrogens is 342 g/mol. The molecule has 1 fully saturated rings. The molecule has 4 aromatic rings. The molecule has 1 aliphatic heterocycles. The predicted octanol–water partition coefficient (Wildman–Crippen LogP) is 2.22. The molecule has 136 valence electrons. The molecule has 8 heteroatoms. The number of hydrogen-bond donors (Lipinski definition) is 2. The van der Waals surface area contributed by atoms with Crippen LogP contribution in [0.1, 0.15) is 24.6 Å². The second-order valence-corrected chi connectivity index (χ2v) is 6.78. The highest BCUT2D eigenvalue weighted by molar-refractivity contribution is 5.87. The van der Waals surface area contributed by atoms with Crippen LogP contribution in [0.2, 0.25) is 0 Å². The van der Waals surface area contributed by atoms with E-state index in [1.165, 1.54) is 0 Å². The van der Waals surface area contributed by atoms with E-state index in [1.54, 1.807) is 10.9 Å². The minimum atomic E-state index is -0.205. The van der Waals surface area contributed by atoms with Gasteiger partial charge in [-0.05, 0) is 31.0 Å². The summed E-state index contributed by atoms with van der Waals surface area (Å²) in [4.78, 5) is 26.6. The molecule has 4 heterocycles. The molecule has 2 N–H and O–H groups in total. The van der Waals surface area contributed by atoms with E-state index in [1.807, 2.05) is 42.6 Å². The van der Waals surface area contributed by atoms with Crippen LogP contribution in [0, 0.1) is 0 Å². The van der Waals surface area contributed by atoms with Gasteiger partial charge in [-0.15, -0.1) is 0 Å². The molecule has 0 unspecified atom stereocenters. The predicted molar refractivity (Wildman–Crippen MR) is 102 cm³/mol. The lowest BCUT2D eigenvalue weighted by molar-refractivity contribution is 0.483. The molecule has 0 saturated carbocycles. The van der Waals surface area contributed by atoms with Gasteiger partial charge in [0.2, 0.25) is 0 Å². The number of rotatable bonds is 3. The molecule has 1 aromatic carbocycles. The third-order valence-electron chi connectivity index (χ3n) is 5.13. The van der Waals surface area contributed by atoms with Gasteiger partial charge in [-0.25, -0.2) is 24.4 Å². The maximum Gasteiger partial charge on any atom is 0.347 e. The topological polar surface area (TPSA) is 95.5 Å². The number of aromatic nitrogens is 6. The Morgan fingerprint density at radius 1 is 1.11 bits per heavy atom. The Kier molecular flexibility index (Phi) is 3.74. The zero-order valence-electron chi connectivity index (χ0n) is 14.7. The molecule has 0 bridgehead atoms. The Balaban J connectivity index is 1.51. The maximum atomic E-state index is 12.4. The highest BCUT2D eigenvalue weighted by Crippen LogP contribution is 2.31. The van der Waals surface area contributed by atoms with Crippen molar-refractivity contribution in [2.75, 3.05) is 18.0 Å². The molecule has 0 radical (unpaired) electrons. The summed E-state index contributed by atoms with van der Waals surface area (Å²) in [6.45, 7) is 1.68. The van der Waals surface area contributed by atoms with Crippen LogP contribution in [0.3, 0.4) is 0 Å². The van der Waals surface area contributed by atoms with Crippen LogP contribution < -0.4 is 10.6 Å². The lowest BCUT2D eigenvalue weighted by atomic mass is 9.96. The van der Waals surface area contributed by atoms with E-state index >= 15 is 0 Å². The fourth-order valence-corrected chi connectivity index (χ4v) is 3.90. The Hall–Kier alpha value is -3.42. The first-order valence-electron chi connectivity index (χ1n) is 9.07. The zero-order chi connectivity index (χ0) is 18.2. The van der Waals surface area contributed by atoms with Crippen LogP contribution in [0.4, 0.5) is 5.82 Å². The summed E-state index contributed by atoms with van der Waals surface area (Å²) in [6, 6.07) is 11.6. The number of para-hydroxylation sites is 1. The normalized spacial score (nSPS) is 17.5. The number of nitrogens with zero attached hydrogens (tertiary/aromatic N) is 5. The average Bonchev–Trinajstić information content (AvgIpc) is 3.35. The smallest absolute Gasteiger partial charge is 0.347 e. The molecular formula is C19H19N7O. The third-order valence-corrected chi connectivity index (χ3v) is 5.13. The number of H-pyrrole nitrogens is 2. The van der Waals surface area contributed by atoms with Crippen molar-refractivity contribution in [3.8, 4) is 5.69 Å². The van der Waals surface area contributed by atoms with Gasteiger partial charge in [-0.3, -0.25) is 0 Å². The Bertz CT molecular complexity index is 1130. The van der Waals surface area contributed by atoms with Gasteiger partial charge >= 0.3 is 5.69 Å². The van der Waals surface area contributed by atoms with Crippen LogP contribution >= 0.6 is 0 Å². The van der Waals surface area contributed by atoms with Crippen molar-refractivity contribution in [3.05, 3.63) is 65.2 Å². The van der Waals surface area contributed by atoms with E-state index in [9.17, 15) is 4.79 Å². The molecule has 3 aromatic heterocycles. The molecule has 1 atom stereocenters. The summed E-state index contributed by atoms with van der Waals surface area (Å²) < 4.78 is 1.68. The van der Waals surface area contributed by atoms with Gasteiger partial charge in [0.15, 0.2) is 0 Å². The van der Waals surface area contributed by atoms with Gasteiger partial charge in [-0.1, -0.05) is 18.2 Å². The van der Waals surface area contributed by atoms with Crippen molar-refractivity contribution in [3.63, 3.8) is 0 Å².